The van der Waals surface area contributed by atoms with E-state index in [9.17, 15) is 21.6 Å². The first-order valence-electron chi connectivity index (χ1n) is 12.9. The Morgan fingerprint density at radius 1 is 1.18 bits per heavy atom. The molecule has 0 spiro atoms. The van der Waals surface area contributed by atoms with E-state index in [1.165, 1.54) is 10.5 Å². The van der Waals surface area contributed by atoms with E-state index in [0.29, 0.717) is 61.1 Å². The Labute approximate surface area is 230 Å². The number of carbonyl (C=O) groups excluding carboxylic acids is 1. The molecule has 0 saturated carbocycles. The quantitative estimate of drug-likeness (QED) is 0.481. The summed E-state index contributed by atoms with van der Waals surface area (Å²) in [6, 6.07) is 9.45. The number of piperidine rings is 1. The molecule has 2 aromatic rings. The van der Waals surface area contributed by atoms with Gasteiger partial charge in [0.2, 0.25) is 15.9 Å². The Hall–Kier alpha value is -2.21. The average Bonchev–Trinajstić information content (AvgIpc) is 2.89. The van der Waals surface area contributed by atoms with Crippen LogP contribution in [0.1, 0.15) is 39.5 Å². The molecule has 208 valence electrons. The summed E-state index contributed by atoms with van der Waals surface area (Å²) in [5, 5.41) is 6.15. The number of sulfone groups is 1. The molecule has 1 atom stereocenters. The van der Waals surface area contributed by atoms with Gasteiger partial charge in [0.05, 0.1) is 27.7 Å². The molecule has 3 heterocycles. The van der Waals surface area contributed by atoms with Crippen molar-refractivity contribution in [2.24, 2.45) is 11.8 Å². The zero-order chi connectivity index (χ0) is 27.5. The van der Waals surface area contributed by atoms with Crippen molar-refractivity contribution in [2.45, 2.75) is 44.8 Å². The monoisotopic (exact) mass is 582 g/mol. The van der Waals surface area contributed by atoms with Gasteiger partial charge in [-0.3, -0.25) is 4.79 Å². The summed E-state index contributed by atoms with van der Waals surface area (Å²) in [6.45, 7) is 4.57. The number of aromatic nitrogens is 1. The van der Waals surface area contributed by atoms with E-state index >= 15 is 0 Å². The van der Waals surface area contributed by atoms with E-state index in [0.717, 1.165) is 11.3 Å². The van der Waals surface area contributed by atoms with Gasteiger partial charge in [0, 0.05) is 37.1 Å². The van der Waals surface area contributed by atoms with E-state index < -0.39 is 31.0 Å². The normalized spacial score (nSPS) is 20.8. The van der Waals surface area contributed by atoms with Crippen molar-refractivity contribution in [1.82, 2.24) is 9.29 Å². The Morgan fingerprint density at radius 3 is 2.63 bits per heavy atom. The first-order valence-corrected chi connectivity index (χ1v) is 16.6. The lowest BCUT2D eigenvalue weighted by atomic mass is 9.99. The number of nitrogens with one attached hydrogen (secondary N) is 2. The van der Waals surface area contributed by atoms with Crippen LogP contribution in [0.5, 0.6) is 0 Å². The van der Waals surface area contributed by atoms with Crippen LogP contribution in [0.25, 0.3) is 11.1 Å². The number of rotatable bonds is 8. The number of hydrogen-bond donors (Lipinski definition) is 2. The maximum absolute atomic E-state index is 13.0. The van der Waals surface area contributed by atoms with Gasteiger partial charge in [0.15, 0.2) is 0 Å². The molecule has 2 saturated heterocycles. The van der Waals surface area contributed by atoms with Crippen molar-refractivity contribution < 1.29 is 21.6 Å². The van der Waals surface area contributed by atoms with Crippen molar-refractivity contribution in [2.75, 3.05) is 41.8 Å². The zero-order valence-electron chi connectivity index (χ0n) is 21.7. The summed E-state index contributed by atoms with van der Waals surface area (Å²) in [7, 11) is -6.31. The Morgan fingerprint density at radius 2 is 1.92 bits per heavy atom. The van der Waals surface area contributed by atoms with Crippen LogP contribution in [0.3, 0.4) is 0 Å². The summed E-state index contributed by atoms with van der Waals surface area (Å²) in [6.07, 6.45) is 4.05. The molecule has 0 radical (unpaired) electrons. The van der Waals surface area contributed by atoms with Crippen molar-refractivity contribution in [3.8, 4) is 11.1 Å². The standard InChI is InChI=1S/C26H35ClN4O5S2/c1-18(2)38(35,36)31-10-4-6-21(17-31)26(32)30-25-14-23(24(27)16-29-25)20-5-3-7-22(13-20)28-15-19-8-11-37(33,34)12-9-19/h3,5,7,13-14,16,18-19,21,28H,4,6,8-12,15,17H2,1-2H3,(H,29,30,32). The predicted molar refractivity (Wildman–Crippen MR) is 152 cm³/mol. The lowest BCUT2D eigenvalue weighted by Crippen LogP contribution is -2.46. The molecule has 2 aliphatic rings. The number of nitrogens with zero attached hydrogens (tertiary/aromatic N) is 2. The molecular formula is C26H35ClN4O5S2. The highest BCUT2D eigenvalue weighted by molar-refractivity contribution is 7.91. The lowest BCUT2D eigenvalue weighted by Gasteiger charge is -2.32. The van der Waals surface area contributed by atoms with Gasteiger partial charge >= 0.3 is 0 Å². The molecule has 2 aliphatic heterocycles. The molecule has 1 unspecified atom stereocenters. The maximum Gasteiger partial charge on any atom is 0.229 e. The highest BCUT2D eigenvalue weighted by Crippen LogP contribution is 2.32. The van der Waals surface area contributed by atoms with Crippen LogP contribution in [0.2, 0.25) is 5.02 Å². The molecule has 2 fully saturated rings. The first kappa shape index (κ1) is 28.8. The number of anilines is 2. The maximum atomic E-state index is 13.0. The van der Waals surface area contributed by atoms with Crippen molar-refractivity contribution >= 4 is 48.9 Å². The van der Waals surface area contributed by atoms with Gasteiger partial charge in [-0.25, -0.2) is 26.1 Å². The molecule has 1 amide bonds. The molecule has 1 aromatic carbocycles. The number of amides is 1. The summed E-state index contributed by atoms with van der Waals surface area (Å²) in [5.41, 5.74) is 2.44. The third kappa shape index (κ3) is 7.05. The molecule has 0 aliphatic carbocycles. The second kappa shape index (κ2) is 11.9. The van der Waals surface area contributed by atoms with Gasteiger partial charge in [-0.1, -0.05) is 23.7 Å². The average molecular weight is 583 g/mol. The van der Waals surface area contributed by atoms with E-state index in [2.05, 4.69) is 15.6 Å². The topological polar surface area (TPSA) is 126 Å². The molecule has 4 rings (SSSR count). The molecule has 38 heavy (non-hydrogen) atoms. The Kier molecular flexibility index (Phi) is 9.01. The number of halogens is 1. The largest absolute Gasteiger partial charge is 0.385 e. The van der Waals surface area contributed by atoms with Crippen LogP contribution in [0.15, 0.2) is 36.5 Å². The van der Waals surface area contributed by atoms with Gasteiger partial charge in [-0.15, -0.1) is 0 Å². The van der Waals surface area contributed by atoms with Crippen molar-refractivity contribution in [1.29, 1.82) is 0 Å². The first-order chi connectivity index (χ1) is 17.9. The third-order valence-corrected chi connectivity index (χ3v) is 11.5. The summed E-state index contributed by atoms with van der Waals surface area (Å²) in [5.74, 6) is 0.416. The van der Waals surface area contributed by atoms with Crippen molar-refractivity contribution in [3.05, 3.63) is 41.6 Å². The molecule has 12 heteroatoms. The highest BCUT2D eigenvalue weighted by atomic mass is 35.5. The number of hydrogen-bond acceptors (Lipinski definition) is 7. The fourth-order valence-electron chi connectivity index (χ4n) is 4.84. The molecule has 0 bridgehead atoms. The van der Waals surface area contributed by atoms with E-state index in [1.54, 1.807) is 19.9 Å². The smallest absolute Gasteiger partial charge is 0.229 e. The fraction of sp³-hybridized carbons (Fsp3) is 0.538. The molecule has 9 nitrogen and oxygen atoms in total. The predicted octanol–water partition coefficient (Wildman–Crippen LogP) is 4.03. The second-order valence-electron chi connectivity index (χ2n) is 10.4. The summed E-state index contributed by atoms with van der Waals surface area (Å²) in [4.78, 5) is 17.3. The van der Waals surface area contributed by atoms with Crippen LogP contribution in [-0.2, 0) is 24.7 Å². The lowest BCUT2D eigenvalue weighted by molar-refractivity contribution is -0.120. The fourth-order valence-corrected chi connectivity index (χ4v) is 8.01. The SMILES string of the molecule is CC(C)S(=O)(=O)N1CCCC(C(=O)Nc2cc(-c3cccc(NCC4CCS(=O)(=O)CC4)c3)c(Cl)cn2)C1. The third-order valence-electron chi connectivity index (χ3n) is 7.26. The Bertz CT molecular complexity index is 1370. The van der Waals surface area contributed by atoms with E-state index in [4.69, 9.17) is 11.6 Å². The minimum atomic E-state index is -3.42. The molecule has 1 aromatic heterocycles. The molecule has 2 N–H and O–H groups in total. The van der Waals surface area contributed by atoms with Crippen LogP contribution < -0.4 is 10.6 Å². The van der Waals surface area contributed by atoms with Gasteiger partial charge in [-0.05, 0) is 69.2 Å². The minimum absolute atomic E-state index is 0.160. The van der Waals surface area contributed by atoms with Gasteiger partial charge in [0.25, 0.3) is 0 Å². The van der Waals surface area contributed by atoms with Crippen LogP contribution in [0, 0.1) is 11.8 Å². The van der Waals surface area contributed by atoms with Gasteiger partial charge in [-0.2, -0.15) is 0 Å². The Balaban J connectivity index is 1.42. The number of pyridine rings is 1. The van der Waals surface area contributed by atoms with Crippen molar-refractivity contribution in [3.63, 3.8) is 0 Å². The number of benzene rings is 1. The molecular weight excluding hydrogens is 548 g/mol. The highest BCUT2D eigenvalue weighted by Gasteiger charge is 2.34. The van der Waals surface area contributed by atoms with Crippen LogP contribution >= 0.6 is 11.6 Å². The summed E-state index contributed by atoms with van der Waals surface area (Å²) < 4.78 is 49.9. The number of sulfonamides is 1. The van der Waals surface area contributed by atoms with Gasteiger partial charge < -0.3 is 10.6 Å². The van der Waals surface area contributed by atoms with Crippen LogP contribution in [-0.4, -0.2) is 68.4 Å². The van der Waals surface area contributed by atoms with Gasteiger partial charge in [0.1, 0.15) is 15.7 Å². The number of carbonyl (C=O) groups is 1. The second-order valence-corrected chi connectivity index (χ2v) is 15.6. The minimum Gasteiger partial charge on any atom is -0.385 e. The van der Waals surface area contributed by atoms with Crippen LogP contribution in [0.4, 0.5) is 11.5 Å². The van der Waals surface area contributed by atoms with E-state index in [-0.39, 0.29) is 24.0 Å². The summed E-state index contributed by atoms with van der Waals surface area (Å²) >= 11 is 6.47. The van der Waals surface area contributed by atoms with E-state index in [1.807, 2.05) is 24.3 Å². The zero-order valence-corrected chi connectivity index (χ0v) is 24.1.